The first-order valence-corrected chi connectivity index (χ1v) is 13.4. The van der Waals surface area contributed by atoms with E-state index < -0.39 is 11.6 Å². The second-order valence-electron chi connectivity index (χ2n) is 11.4. The van der Waals surface area contributed by atoms with E-state index in [0.29, 0.717) is 28.0 Å². The Morgan fingerprint density at radius 3 is 2.45 bits per heavy atom. The highest BCUT2D eigenvalue weighted by atomic mass is 16.6. The van der Waals surface area contributed by atoms with Crippen molar-refractivity contribution in [1.82, 2.24) is 19.3 Å². The molecule has 8 nitrogen and oxygen atoms in total. The maximum atomic E-state index is 13.6. The molecular weight excluding hydrogens is 502 g/mol. The molecule has 3 aromatic carbocycles. The summed E-state index contributed by atoms with van der Waals surface area (Å²) in [5.74, 6) is 0.182. The van der Waals surface area contributed by atoms with Crippen LogP contribution in [0.3, 0.4) is 0 Å². The fourth-order valence-corrected chi connectivity index (χ4v) is 5.15. The summed E-state index contributed by atoms with van der Waals surface area (Å²) in [6, 6.07) is 17.0. The van der Waals surface area contributed by atoms with Crippen molar-refractivity contribution in [2.45, 2.75) is 53.2 Å². The number of anilines is 1. The van der Waals surface area contributed by atoms with Gasteiger partial charge < -0.3 is 10.1 Å². The van der Waals surface area contributed by atoms with Gasteiger partial charge in [0.25, 0.3) is 5.56 Å². The number of benzene rings is 3. The van der Waals surface area contributed by atoms with Crippen molar-refractivity contribution in [3.8, 4) is 11.4 Å². The predicted molar refractivity (Wildman–Crippen MR) is 160 cm³/mol. The van der Waals surface area contributed by atoms with E-state index in [1.165, 1.54) is 0 Å². The SMILES string of the molecule is Cc1cc(C(C)Nc2ccccc2C(=O)OC(C)(C)C)c2nc(-c3ccc4c(c3)c(C)nn4C)n(C)c(=O)c2c1. The second kappa shape index (κ2) is 9.93. The van der Waals surface area contributed by atoms with Crippen LogP contribution in [-0.4, -0.2) is 30.9 Å². The van der Waals surface area contributed by atoms with Gasteiger partial charge >= 0.3 is 5.97 Å². The number of fused-ring (bicyclic) bond motifs is 2. The van der Waals surface area contributed by atoms with Gasteiger partial charge in [-0.3, -0.25) is 14.0 Å². The molecule has 1 N–H and O–H groups in total. The summed E-state index contributed by atoms with van der Waals surface area (Å²) in [6.07, 6.45) is 0. The molecule has 2 heterocycles. The third-order valence-electron chi connectivity index (χ3n) is 7.03. The Bertz CT molecular complexity index is 1840. The number of nitrogens with one attached hydrogen (secondary N) is 1. The summed E-state index contributed by atoms with van der Waals surface area (Å²) >= 11 is 0. The molecular formula is C32H35N5O3. The van der Waals surface area contributed by atoms with Gasteiger partial charge in [0, 0.05) is 36.3 Å². The predicted octanol–water partition coefficient (Wildman–Crippen LogP) is 6.23. The largest absolute Gasteiger partial charge is 0.456 e. The van der Waals surface area contributed by atoms with Crippen LogP contribution in [0.15, 0.2) is 59.4 Å². The minimum absolute atomic E-state index is 0.116. The number of rotatable bonds is 5. The van der Waals surface area contributed by atoms with E-state index in [-0.39, 0.29) is 11.6 Å². The first-order valence-electron chi connectivity index (χ1n) is 13.4. The zero-order valence-corrected chi connectivity index (χ0v) is 24.3. The number of aromatic nitrogens is 4. The van der Waals surface area contributed by atoms with E-state index in [9.17, 15) is 9.59 Å². The van der Waals surface area contributed by atoms with Crippen molar-refractivity contribution < 1.29 is 9.53 Å². The zero-order chi connectivity index (χ0) is 28.9. The normalized spacial score (nSPS) is 12.6. The van der Waals surface area contributed by atoms with Gasteiger partial charge in [0.15, 0.2) is 0 Å². The Balaban J connectivity index is 1.62. The Kier molecular flexibility index (Phi) is 6.74. The number of esters is 1. The van der Waals surface area contributed by atoms with Crippen LogP contribution in [0.1, 0.15) is 60.9 Å². The minimum atomic E-state index is -0.611. The molecule has 1 atom stereocenters. The van der Waals surface area contributed by atoms with E-state index in [4.69, 9.17) is 9.72 Å². The molecule has 0 amide bonds. The van der Waals surface area contributed by atoms with Crippen molar-refractivity contribution in [2.75, 3.05) is 5.32 Å². The summed E-state index contributed by atoms with van der Waals surface area (Å²) in [6.45, 7) is 11.5. The van der Waals surface area contributed by atoms with Crippen LogP contribution in [0.4, 0.5) is 5.69 Å². The Hall–Kier alpha value is -4.46. The lowest BCUT2D eigenvalue weighted by molar-refractivity contribution is 0.00706. The molecule has 0 radical (unpaired) electrons. The molecule has 0 spiro atoms. The molecule has 1 unspecified atom stereocenters. The maximum absolute atomic E-state index is 13.6. The maximum Gasteiger partial charge on any atom is 0.340 e. The lowest BCUT2D eigenvalue weighted by atomic mass is 10.00. The number of ether oxygens (including phenoxy) is 1. The molecule has 0 bridgehead atoms. The summed E-state index contributed by atoms with van der Waals surface area (Å²) in [7, 11) is 3.67. The number of nitrogens with zero attached hydrogens (tertiary/aromatic N) is 4. The Morgan fingerprint density at radius 2 is 1.73 bits per heavy atom. The smallest absolute Gasteiger partial charge is 0.340 e. The van der Waals surface area contributed by atoms with Gasteiger partial charge in [0.2, 0.25) is 0 Å². The highest BCUT2D eigenvalue weighted by Crippen LogP contribution is 2.31. The van der Waals surface area contributed by atoms with Crippen LogP contribution >= 0.6 is 0 Å². The van der Waals surface area contributed by atoms with E-state index in [1.807, 2.05) is 102 Å². The Labute approximate surface area is 233 Å². The molecule has 0 aliphatic carbocycles. The van der Waals surface area contributed by atoms with E-state index >= 15 is 0 Å². The van der Waals surface area contributed by atoms with Gasteiger partial charge in [-0.25, -0.2) is 9.78 Å². The topological polar surface area (TPSA) is 91.0 Å². The van der Waals surface area contributed by atoms with E-state index in [2.05, 4.69) is 10.4 Å². The van der Waals surface area contributed by atoms with E-state index in [0.717, 1.165) is 33.3 Å². The van der Waals surface area contributed by atoms with Gasteiger partial charge in [-0.15, -0.1) is 0 Å². The van der Waals surface area contributed by atoms with Crippen LogP contribution in [-0.2, 0) is 18.8 Å². The molecule has 0 aliphatic heterocycles. The quantitative estimate of drug-likeness (QED) is 0.267. The number of para-hydroxylation sites is 1. The summed E-state index contributed by atoms with van der Waals surface area (Å²) in [5, 5.41) is 9.58. The van der Waals surface area contributed by atoms with Gasteiger partial charge in [-0.2, -0.15) is 5.10 Å². The molecule has 0 saturated heterocycles. The third kappa shape index (κ3) is 4.97. The van der Waals surface area contributed by atoms with Crippen molar-refractivity contribution in [3.05, 3.63) is 87.3 Å². The van der Waals surface area contributed by atoms with Crippen molar-refractivity contribution in [3.63, 3.8) is 0 Å². The van der Waals surface area contributed by atoms with Crippen LogP contribution in [0.5, 0.6) is 0 Å². The van der Waals surface area contributed by atoms with Crippen LogP contribution in [0, 0.1) is 13.8 Å². The molecule has 8 heteroatoms. The molecule has 206 valence electrons. The lowest BCUT2D eigenvalue weighted by Gasteiger charge is -2.23. The summed E-state index contributed by atoms with van der Waals surface area (Å²) < 4.78 is 9.09. The van der Waals surface area contributed by atoms with Gasteiger partial charge in [0.05, 0.1) is 33.7 Å². The number of carbonyl (C=O) groups excluding carboxylic acids is 1. The first-order chi connectivity index (χ1) is 18.8. The monoisotopic (exact) mass is 537 g/mol. The fraction of sp³-hybridized carbons (Fsp3) is 0.312. The van der Waals surface area contributed by atoms with Crippen molar-refractivity contribution in [1.29, 1.82) is 0 Å². The molecule has 2 aromatic heterocycles. The minimum Gasteiger partial charge on any atom is -0.456 e. The number of carbonyl (C=O) groups is 1. The molecule has 5 aromatic rings. The second-order valence-corrected chi connectivity index (χ2v) is 11.4. The van der Waals surface area contributed by atoms with Crippen LogP contribution < -0.4 is 10.9 Å². The van der Waals surface area contributed by atoms with Gasteiger partial charge in [-0.05, 0) is 83.5 Å². The van der Waals surface area contributed by atoms with Crippen molar-refractivity contribution >= 4 is 33.5 Å². The molecule has 5 rings (SSSR count). The lowest BCUT2D eigenvalue weighted by Crippen LogP contribution is -2.25. The number of aryl methyl sites for hydroxylation is 3. The molecule has 40 heavy (non-hydrogen) atoms. The Morgan fingerprint density at radius 1 is 1.00 bits per heavy atom. The molecule has 0 fully saturated rings. The van der Waals surface area contributed by atoms with Crippen LogP contribution in [0.2, 0.25) is 0 Å². The average molecular weight is 538 g/mol. The van der Waals surface area contributed by atoms with Crippen LogP contribution in [0.25, 0.3) is 33.2 Å². The highest BCUT2D eigenvalue weighted by molar-refractivity contribution is 5.96. The first kappa shape index (κ1) is 27.1. The standard InChI is InChI=1S/C32H35N5O3/c1-18-15-24(19(2)33-26-12-10-9-11-22(26)31(39)40-32(4,5)6)28-25(16-18)30(38)36(7)29(34-28)21-13-14-27-23(17-21)20(3)35-37(27)8/h9-17,19,33H,1-8H3. The fourth-order valence-electron chi connectivity index (χ4n) is 5.15. The van der Waals surface area contributed by atoms with Gasteiger partial charge in [0.1, 0.15) is 11.4 Å². The number of hydrogen-bond donors (Lipinski definition) is 1. The van der Waals surface area contributed by atoms with E-state index in [1.54, 1.807) is 17.7 Å². The third-order valence-corrected chi connectivity index (χ3v) is 7.03. The molecule has 0 aliphatic rings. The van der Waals surface area contributed by atoms with Gasteiger partial charge in [-0.1, -0.05) is 18.2 Å². The number of hydrogen-bond acceptors (Lipinski definition) is 6. The highest BCUT2D eigenvalue weighted by Gasteiger charge is 2.23. The van der Waals surface area contributed by atoms with Crippen molar-refractivity contribution in [2.24, 2.45) is 14.1 Å². The summed E-state index contributed by atoms with van der Waals surface area (Å²) in [5.41, 5.74) is 5.60. The zero-order valence-electron chi connectivity index (χ0n) is 24.3. The molecule has 0 saturated carbocycles. The average Bonchev–Trinajstić information content (AvgIpc) is 3.17. The summed E-state index contributed by atoms with van der Waals surface area (Å²) in [4.78, 5) is 31.6.